The summed E-state index contributed by atoms with van der Waals surface area (Å²) in [4.78, 5) is 32.5. The molecule has 1 aliphatic rings. The molecule has 204 valence electrons. The van der Waals surface area contributed by atoms with Crippen LogP contribution in [0.25, 0.3) is 11.8 Å². The van der Waals surface area contributed by atoms with Crippen molar-refractivity contribution in [2.24, 2.45) is 4.99 Å². The number of para-hydroxylation sites is 1. The van der Waals surface area contributed by atoms with Gasteiger partial charge in [-0.1, -0.05) is 72.0 Å². The van der Waals surface area contributed by atoms with Crippen molar-refractivity contribution in [1.82, 2.24) is 4.57 Å². The third kappa shape index (κ3) is 5.30. The van der Waals surface area contributed by atoms with Crippen molar-refractivity contribution in [3.05, 3.63) is 121 Å². The molecular formula is C30H24F2N2O5S. The lowest BCUT2D eigenvalue weighted by Crippen LogP contribution is -2.40. The number of carbonyl (C=O) groups excluding carboxylic acids is 1. The Morgan fingerprint density at radius 1 is 1.05 bits per heavy atom. The van der Waals surface area contributed by atoms with Crippen LogP contribution >= 0.6 is 11.3 Å². The number of carbonyl (C=O) groups is 1. The highest BCUT2D eigenvalue weighted by atomic mass is 32.1. The summed E-state index contributed by atoms with van der Waals surface area (Å²) in [6, 6.07) is 21.6. The van der Waals surface area contributed by atoms with Gasteiger partial charge in [0.1, 0.15) is 11.5 Å². The van der Waals surface area contributed by atoms with Gasteiger partial charge in [0.25, 0.3) is 5.56 Å². The number of ether oxygens (including phenoxy) is 3. The summed E-state index contributed by atoms with van der Waals surface area (Å²) in [6.45, 7) is -1.19. The summed E-state index contributed by atoms with van der Waals surface area (Å²) < 4.78 is 43.1. The molecule has 1 atom stereocenters. The largest absolute Gasteiger partial charge is 0.497 e. The van der Waals surface area contributed by atoms with E-state index in [0.717, 1.165) is 11.3 Å². The first-order chi connectivity index (χ1) is 19.4. The van der Waals surface area contributed by atoms with Crippen LogP contribution in [0.15, 0.2) is 94.2 Å². The Morgan fingerprint density at radius 3 is 2.42 bits per heavy atom. The first kappa shape index (κ1) is 27.0. The number of aromatic nitrogens is 1. The Bertz CT molecular complexity index is 1750. The molecule has 0 aliphatic carbocycles. The Morgan fingerprint density at radius 2 is 1.75 bits per heavy atom. The topological polar surface area (TPSA) is 79.1 Å². The van der Waals surface area contributed by atoms with Gasteiger partial charge in [0.15, 0.2) is 4.80 Å². The van der Waals surface area contributed by atoms with Crippen molar-refractivity contribution in [2.45, 2.75) is 19.6 Å². The zero-order valence-corrected chi connectivity index (χ0v) is 22.4. The minimum absolute atomic E-state index is 0.0628. The Kier molecular flexibility index (Phi) is 7.88. The lowest BCUT2D eigenvalue weighted by Gasteiger charge is -2.26. The maximum Gasteiger partial charge on any atom is 0.387 e. The second-order valence-electron chi connectivity index (χ2n) is 8.62. The Hall–Kier alpha value is -4.57. The van der Waals surface area contributed by atoms with Gasteiger partial charge in [0.2, 0.25) is 0 Å². The summed E-state index contributed by atoms with van der Waals surface area (Å²) in [7, 11) is 1.55. The van der Waals surface area contributed by atoms with Crippen molar-refractivity contribution < 1.29 is 27.8 Å². The van der Waals surface area contributed by atoms with Crippen LogP contribution in [0.5, 0.6) is 11.5 Å². The maximum atomic E-state index is 13.9. The number of hydrogen-bond acceptors (Lipinski definition) is 7. The van der Waals surface area contributed by atoms with Gasteiger partial charge in [-0.15, -0.1) is 0 Å². The molecule has 0 unspecified atom stereocenters. The van der Waals surface area contributed by atoms with Crippen molar-refractivity contribution in [1.29, 1.82) is 0 Å². The van der Waals surface area contributed by atoms with Crippen LogP contribution in [0, 0.1) is 0 Å². The van der Waals surface area contributed by atoms with E-state index in [9.17, 15) is 18.4 Å². The van der Waals surface area contributed by atoms with Crippen LogP contribution in [0.1, 0.15) is 29.7 Å². The van der Waals surface area contributed by atoms with E-state index in [2.05, 4.69) is 4.74 Å². The van der Waals surface area contributed by atoms with Crippen LogP contribution in [0.3, 0.4) is 0 Å². The molecule has 0 amide bonds. The van der Waals surface area contributed by atoms with Gasteiger partial charge in [-0.3, -0.25) is 9.36 Å². The number of alkyl halides is 2. The highest BCUT2D eigenvalue weighted by Gasteiger charge is 2.35. The average molecular weight is 563 g/mol. The number of halogens is 2. The van der Waals surface area contributed by atoms with E-state index in [1.165, 1.54) is 16.7 Å². The van der Waals surface area contributed by atoms with Crippen LogP contribution in [0.2, 0.25) is 0 Å². The van der Waals surface area contributed by atoms with E-state index in [1.54, 1.807) is 56.5 Å². The van der Waals surface area contributed by atoms with Crippen LogP contribution < -0.4 is 24.4 Å². The van der Waals surface area contributed by atoms with E-state index >= 15 is 0 Å². The molecule has 1 aromatic heterocycles. The van der Waals surface area contributed by atoms with Gasteiger partial charge in [-0.25, -0.2) is 9.79 Å². The average Bonchev–Trinajstić information content (AvgIpc) is 3.28. The van der Waals surface area contributed by atoms with Gasteiger partial charge >= 0.3 is 12.6 Å². The summed E-state index contributed by atoms with van der Waals surface area (Å²) in [5.74, 6) is -0.0557. The summed E-state index contributed by atoms with van der Waals surface area (Å²) >= 11 is 1.09. The van der Waals surface area contributed by atoms with Gasteiger partial charge in [0.05, 0.1) is 35.6 Å². The highest BCUT2D eigenvalue weighted by Crippen LogP contribution is 2.35. The molecule has 2 heterocycles. The SMILES string of the molecule is CCOC(=O)C1=C(c2ccccc2)N=c2s/c(=C/c3ccccc3OC(F)F)c(=O)n2[C@@H]1c1ccc(OC)cc1. The third-order valence-corrected chi connectivity index (χ3v) is 7.21. The number of methoxy groups -OCH3 is 1. The van der Waals surface area contributed by atoms with E-state index in [-0.39, 0.29) is 22.5 Å². The number of benzene rings is 3. The standard InChI is InChI=1S/C30H24F2N2O5S/c1-3-38-28(36)24-25(18-9-5-4-6-10-18)33-30-34(26(24)19-13-15-21(37-2)16-14-19)27(35)23(40-30)17-20-11-7-8-12-22(20)39-29(31)32/h4-17,26,29H,3H2,1-2H3/b23-17+/t26-/m1/s1. The molecule has 40 heavy (non-hydrogen) atoms. The first-order valence-electron chi connectivity index (χ1n) is 12.4. The lowest BCUT2D eigenvalue weighted by molar-refractivity contribution is -0.138. The van der Waals surface area contributed by atoms with Crippen molar-refractivity contribution in [3.63, 3.8) is 0 Å². The molecular weight excluding hydrogens is 538 g/mol. The second-order valence-corrected chi connectivity index (χ2v) is 9.63. The monoisotopic (exact) mass is 562 g/mol. The quantitative estimate of drug-likeness (QED) is 0.295. The molecule has 1 aliphatic heterocycles. The number of nitrogens with zero attached hydrogens (tertiary/aromatic N) is 2. The molecule has 0 radical (unpaired) electrons. The Balaban J connectivity index is 1.80. The van der Waals surface area contributed by atoms with Crippen LogP contribution in [-0.2, 0) is 9.53 Å². The third-order valence-electron chi connectivity index (χ3n) is 6.23. The van der Waals surface area contributed by atoms with E-state index in [0.29, 0.717) is 32.9 Å². The number of thiazole rings is 1. The summed E-state index contributed by atoms with van der Waals surface area (Å²) in [6.07, 6.45) is 1.49. The minimum Gasteiger partial charge on any atom is -0.497 e. The predicted octanol–water partition coefficient (Wildman–Crippen LogP) is 4.55. The second kappa shape index (κ2) is 11.7. The van der Waals surface area contributed by atoms with Crippen LogP contribution in [0.4, 0.5) is 8.78 Å². The van der Waals surface area contributed by atoms with Crippen molar-refractivity contribution in [3.8, 4) is 11.5 Å². The zero-order valence-electron chi connectivity index (χ0n) is 21.5. The number of rotatable bonds is 8. The molecule has 0 saturated carbocycles. The molecule has 0 spiro atoms. The van der Waals surface area contributed by atoms with E-state index in [4.69, 9.17) is 14.5 Å². The minimum atomic E-state index is -3.02. The van der Waals surface area contributed by atoms with E-state index in [1.807, 2.05) is 30.3 Å². The fraction of sp³-hybridized carbons (Fsp3) is 0.167. The van der Waals surface area contributed by atoms with Crippen molar-refractivity contribution >= 4 is 29.1 Å². The molecule has 0 bridgehead atoms. The smallest absolute Gasteiger partial charge is 0.387 e. The number of esters is 1. The molecule has 0 N–H and O–H groups in total. The van der Waals surface area contributed by atoms with Gasteiger partial charge in [0, 0.05) is 11.1 Å². The summed E-state index contributed by atoms with van der Waals surface area (Å²) in [5.41, 5.74) is 1.78. The first-order valence-corrected chi connectivity index (χ1v) is 13.2. The molecule has 3 aromatic carbocycles. The van der Waals surface area contributed by atoms with Crippen molar-refractivity contribution in [2.75, 3.05) is 13.7 Å². The zero-order chi connectivity index (χ0) is 28.2. The van der Waals surface area contributed by atoms with Gasteiger partial charge in [-0.2, -0.15) is 8.78 Å². The van der Waals surface area contributed by atoms with Gasteiger partial charge < -0.3 is 14.2 Å². The predicted molar refractivity (Wildman–Crippen MR) is 147 cm³/mol. The fourth-order valence-corrected chi connectivity index (χ4v) is 5.48. The van der Waals surface area contributed by atoms with E-state index < -0.39 is 24.2 Å². The normalized spacial score (nSPS) is 15.0. The fourth-order valence-electron chi connectivity index (χ4n) is 4.49. The molecule has 7 nitrogen and oxygen atoms in total. The van der Waals surface area contributed by atoms with Crippen LogP contribution in [-0.4, -0.2) is 30.9 Å². The number of hydrogen-bond donors (Lipinski definition) is 0. The maximum absolute atomic E-state index is 13.9. The molecule has 5 rings (SSSR count). The van der Waals surface area contributed by atoms with Gasteiger partial charge in [-0.05, 0) is 36.8 Å². The molecule has 0 saturated heterocycles. The molecule has 10 heteroatoms. The number of fused-ring (bicyclic) bond motifs is 1. The highest BCUT2D eigenvalue weighted by molar-refractivity contribution is 7.07. The molecule has 4 aromatic rings. The summed E-state index contributed by atoms with van der Waals surface area (Å²) in [5, 5.41) is 0. The molecule has 0 fully saturated rings. The Labute approximate surface area is 231 Å². The lowest BCUT2D eigenvalue weighted by atomic mass is 9.93.